The van der Waals surface area contributed by atoms with Gasteiger partial charge in [0.1, 0.15) is 0 Å². The number of hydrogen-bond acceptors (Lipinski definition) is 3. The molecule has 0 aromatic carbocycles. The Balaban J connectivity index is 0. The summed E-state index contributed by atoms with van der Waals surface area (Å²) >= 11 is 0. The standard InChI is InChI=1S/C7H18N2O.ClH/c1-8(2)5-7(10)6-9(3)4;/h7,10H,5-6H2,1-4H3;1H. The Morgan fingerprint density at radius 2 is 1.27 bits per heavy atom. The van der Waals surface area contributed by atoms with Gasteiger partial charge >= 0.3 is 0 Å². The summed E-state index contributed by atoms with van der Waals surface area (Å²) < 4.78 is 0. The van der Waals surface area contributed by atoms with Gasteiger partial charge in [-0.3, -0.25) is 0 Å². The number of halogens is 1. The van der Waals surface area contributed by atoms with Gasteiger partial charge in [0.2, 0.25) is 0 Å². The third kappa shape index (κ3) is 10.2. The highest BCUT2D eigenvalue weighted by Crippen LogP contribution is 1.87. The molecule has 0 aliphatic rings. The van der Waals surface area contributed by atoms with Crippen molar-refractivity contribution in [2.45, 2.75) is 6.10 Å². The van der Waals surface area contributed by atoms with Crippen LogP contribution in [0, 0.1) is 0 Å². The molecule has 3 nitrogen and oxygen atoms in total. The smallest absolute Gasteiger partial charge is 0.0793 e. The van der Waals surface area contributed by atoms with Crippen LogP contribution in [0.5, 0.6) is 0 Å². The second-order valence-electron chi connectivity index (χ2n) is 3.18. The van der Waals surface area contributed by atoms with Gasteiger partial charge in [0.25, 0.3) is 0 Å². The molecule has 0 saturated carbocycles. The molecule has 0 bridgehead atoms. The average molecular weight is 183 g/mol. The molecule has 0 heterocycles. The SMILES string of the molecule is CN(C)CC(O)CN(C)C.Cl. The number of likely N-dealkylation sites (N-methyl/N-ethyl adjacent to an activating group) is 2. The summed E-state index contributed by atoms with van der Waals surface area (Å²) in [5, 5.41) is 9.31. The van der Waals surface area contributed by atoms with E-state index in [0.717, 1.165) is 13.1 Å². The second kappa shape index (κ2) is 6.85. The summed E-state index contributed by atoms with van der Waals surface area (Å²) in [6.07, 6.45) is -0.231. The summed E-state index contributed by atoms with van der Waals surface area (Å²) in [4.78, 5) is 3.96. The molecular formula is C7H19ClN2O. The fourth-order valence-electron chi connectivity index (χ4n) is 0.901. The lowest BCUT2D eigenvalue weighted by Crippen LogP contribution is -2.34. The number of nitrogens with zero attached hydrogens (tertiary/aromatic N) is 2. The zero-order valence-corrected chi connectivity index (χ0v) is 8.56. The molecule has 0 radical (unpaired) electrons. The van der Waals surface area contributed by atoms with Crippen LogP contribution in [-0.2, 0) is 0 Å². The molecule has 0 fully saturated rings. The lowest BCUT2D eigenvalue weighted by molar-refractivity contribution is 0.107. The molecule has 70 valence electrons. The maximum atomic E-state index is 9.31. The molecule has 4 heteroatoms. The normalized spacial score (nSPS) is 10.9. The third-order valence-corrected chi connectivity index (χ3v) is 1.15. The molecule has 0 unspecified atom stereocenters. The molecule has 0 aromatic heterocycles. The second-order valence-corrected chi connectivity index (χ2v) is 3.18. The summed E-state index contributed by atoms with van der Waals surface area (Å²) in [6, 6.07) is 0. The molecule has 0 aliphatic carbocycles. The molecule has 11 heavy (non-hydrogen) atoms. The van der Waals surface area contributed by atoms with E-state index in [2.05, 4.69) is 0 Å². The molecular weight excluding hydrogens is 164 g/mol. The molecule has 0 aromatic rings. The van der Waals surface area contributed by atoms with Gasteiger partial charge in [0.05, 0.1) is 6.10 Å². The van der Waals surface area contributed by atoms with Gasteiger partial charge in [0, 0.05) is 13.1 Å². The number of rotatable bonds is 4. The minimum absolute atomic E-state index is 0. The van der Waals surface area contributed by atoms with Crippen LogP contribution in [-0.4, -0.2) is 62.3 Å². The van der Waals surface area contributed by atoms with Gasteiger partial charge in [-0.2, -0.15) is 0 Å². The molecule has 0 aliphatic heterocycles. The number of aliphatic hydroxyl groups excluding tert-OH is 1. The first kappa shape index (κ1) is 13.7. The Kier molecular flexibility index (Phi) is 8.56. The third-order valence-electron chi connectivity index (χ3n) is 1.15. The van der Waals surface area contributed by atoms with Crippen LogP contribution in [0.15, 0.2) is 0 Å². The molecule has 0 saturated heterocycles. The summed E-state index contributed by atoms with van der Waals surface area (Å²) in [7, 11) is 7.83. The van der Waals surface area contributed by atoms with E-state index in [1.54, 1.807) is 0 Å². The van der Waals surface area contributed by atoms with Crippen LogP contribution in [0.25, 0.3) is 0 Å². The number of hydrogen-bond donors (Lipinski definition) is 1. The van der Waals surface area contributed by atoms with Crippen molar-refractivity contribution in [1.82, 2.24) is 9.80 Å². The first-order valence-electron chi connectivity index (χ1n) is 3.50. The van der Waals surface area contributed by atoms with E-state index in [1.807, 2.05) is 38.0 Å². The Morgan fingerprint density at radius 3 is 1.45 bits per heavy atom. The van der Waals surface area contributed by atoms with Crippen molar-refractivity contribution < 1.29 is 5.11 Å². The van der Waals surface area contributed by atoms with Gasteiger partial charge < -0.3 is 14.9 Å². The predicted octanol–water partition coefficient (Wildman–Crippen LogP) is -0.108. The van der Waals surface area contributed by atoms with Gasteiger partial charge in [-0.15, -0.1) is 12.4 Å². The fraction of sp³-hybridized carbons (Fsp3) is 1.00. The Bertz CT molecular complexity index is 78.5. The molecule has 0 atom stereocenters. The number of aliphatic hydroxyl groups is 1. The van der Waals surface area contributed by atoms with Crippen LogP contribution in [0.4, 0.5) is 0 Å². The molecule has 0 rings (SSSR count). The molecule has 0 spiro atoms. The van der Waals surface area contributed by atoms with Crippen LogP contribution >= 0.6 is 12.4 Å². The van der Waals surface area contributed by atoms with E-state index < -0.39 is 0 Å². The average Bonchev–Trinajstić information content (AvgIpc) is 1.58. The maximum absolute atomic E-state index is 9.31. The van der Waals surface area contributed by atoms with E-state index in [4.69, 9.17) is 0 Å². The van der Waals surface area contributed by atoms with Crippen molar-refractivity contribution in [3.63, 3.8) is 0 Å². The molecule has 0 amide bonds. The first-order chi connectivity index (χ1) is 4.52. The van der Waals surface area contributed by atoms with Crippen molar-refractivity contribution in [3.8, 4) is 0 Å². The fourth-order valence-corrected chi connectivity index (χ4v) is 0.901. The lowest BCUT2D eigenvalue weighted by Gasteiger charge is -2.19. The van der Waals surface area contributed by atoms with Crippen molar-refractivity contribution in [3.05, 3.63) is 0 Å². The highest BCUT2D eigenvalue weighted by atomic mass is 35.5. The van der Waals surface area contributed by atoms with Gasteiger partial charge in [-0.1, -0.05) is 0 Å². The minimum atomic E-state index is -0.231. The van der Waals surface area contributed by atoms with Crippen LogP contribution in [0.1, 0.15) is 0 Å². The van der Waals surface area contributed by atoms with E-state index in [9.17, 15) is 5.11 Å². The monoisotopic (exact) mass is 182 g/mol. The summed E-state index contributed by atoms with van der Waals surface area (Å²) in [5.74, 6) is 0. The van der Waals surface area contributed by atoms with Crippen LogP contribution in [0.3, 0.4) is 0 Å². The van der Waals surface area contributed by atoms with Crippen molar-refractivity contribution in [2.24, 2.45) is 0 Å². The Labute approximate surface area is 75.4 Å². The Hall–Kier alpha value is 0.170. The van der Waals surface area contributed by atoms with Crippen LogP contribution < -0.4 is 0 Å². The zero-order chi connectivity index (χ0) is 8.15. The Morgan fingerprint density at radius 1 is 1.00 bits per heavy atom. The highest BCUT2D eigenvalue weighted by Gasteiger charge is 2.05. The van der Waals surface area contributed by atoms with E-state index >= 15 is 0 Å². The lowest BCUT2D eigenvalue weighted by atomic mass is 10.3. The first-order valence-corrected chi connectivity index (χ1v) is 3.50. The van der Waals surface area contributed by atoms with E-state index in [1.165, 1.54) is 0 Å². The van der Waals surface area contributed by atoms with E-state index in [0.29, 0.717) is 0 Å². The minimum Gasteiger partial charge on any atom is -0.390 e. The summed E-state index contributed by atoms with van der Waals surface area (Å²) in [5.41, 5.74) is 0. The topological polar surface area (TPSA) is 26.7 Å². The highest BCUT2D eigenvalue weighted by molar-refractivity contribution is 5.85. The van der Waals surface area contributed by atoms with Gasteiger partial charge in [-0.05, 0) is 28.2 Å². The van der Waals surface area contributed by atoms with Gasteiger partial charge in [-0.25, -0.2) is 0 Å². The molecule has 1 N–H and O–H groups in total. The maximum Gasteiger partial charge on any atom is 0.0793 e. The predicted molar refractivity (Wildman–Crippen MR) is 50.4 cm³/mol. The van der Waals surface area contributed by atoms with Crippen molar-refractivity contribution >= 4 is 12.4 Å². The van der Waals surface area contributed by atoms with Crippen molar-refractivity contribution in [1.29, 1.82) is 0 Å². The quantitative estimate of drug-likeness (QED) is 0.658. The van der Waals surface area contributed by atoms with E-state index in [-0.39, 0.29) is 18.5 Å². The summed E-state index contributed by atoms with van der Waals surface area (Å²) in [6.45, 7) is 1.47. The van der Waals surface area contributed by atoms with Gasteiger partial charge in [0.15, 0.2) is 0 Å². The van der Waals surface area contributed by atoms with Crippen molar-refractivity contribution in [2.75, 3.05) is 41.3 Å². The zero-order valence-electron chi connectivity index (χ0n) is 7.74. The largest absolute Gasteiger partial charge is 0.390 e. The van der Waals surface area contributed by atoms with Crippen LogP contribution in [0.2, 0.25) is 0 Å².